The summed E-state index contributed by atoms with van der Waals surface area (Å²) in [4.78, 5) is 0. The van der Waals surface area contributed by atoms with Gasteiger partial charge < -0.3 is 18.9 Å². The van der Waals surface area contributed by atoms with Gasteiger partial charge in [-0.2, -0.15) is 0 Å². The molecule has 0 atom stereocenters. The lowest BCUT2D eigenvalue weighted by molar-refractivity contribution is 0.305. The third-order valence-electron chi connectivity index (χ3n) is 12.1. The zero-order valence-electron chi connectivity index (χ0n) is 38.5. The van der Waals surface area contributed by atoms with Crippen LogP contribution in [0.25, 0.3) is 0 Å². The Morgan fingerprint density at radius 1 is 0.379 bits per heavy atom. The summed E-state index contributed by atoms with van der Waals surface area (Å²) in [7, 11) is 3.68. The Labute approximate surface area is 351 Å². The van der Waals surface area contributed by atoms with Crippen molar-refractivity contribution in [3.05, 3.63) is 127 Å². The number of hydrogen-bond donors (Lipinski definition) is 0. The predicted octanol–water partition coefficient (Wildman–Crippen LogP) is 13.5. The number of allylic oxidation sites excluding steroid dienone is 2. The molecule has 4 heteroatoms. The lowest BCUT2D eigenvalue weighted by atomic mass is 9.79. The van der Waals surface area contributed by atoms with Gasteiger partial charge in [-0.1, -0.05) is 144 Å². The van der Waals surface area contributed by atoms with Gasteiger partial charge in [0.25, 0.3) is 0 Å². The number of ether oxygens (including phenoxy) is 4. The fraction of sp³-hybridized carbons (Fsp3) is 0.519. The van der Waals surface area contributed by atoms with Gasteiger partial charge in [0.15, 0.2) is 0 Å². The highest BCUT2D eigenvalue weighted by Gasteiger charge is 2.29. The van der Waals surface area contributed by atoms with Crippen molar-refractivity contribution in [1.82, 2.24) is 0 Å². The van der Waals surface area contributed by atoms with Gasteiger partial charge in [0, 0.05) is 25.7 Å². The zero-order valence-corrected chi connectivity index (χ0v) is 38.5. The molecule has 2 aliphatic rings. The molecular formula is C54H72O4. The first-order valence-electron chi connectivity index (χ1n) is 21.8. The van der Waals surface area contributed by atoms with E-state index < -0.39 is 0 Å². The van der Waals surface area contributed by atoms with Crippen molar-refractivity contribution in [2.45, 2.75) is 156 Å². The van der Waals surface area contributed by atoms with E-state index in [-0.39, 0.29) is 21.7 Å². The van der Waals surface area contributed by atoms with Crippen molar-refractivity contribution < 1.29 is 18.9 Å². The Kier molecular flexibility index (Phi) is 12.6. The summed E-state index contributed by atoms with van der Waals surface area (Å²) >= 11 is 0. The monoisotopic (exact) mass is 785 g/mol. The molecule has 0 aromatic heterocycles. The minimum Gasteiger partial charge on any atom is -0.496 e. The lowest BCUT2D eigenvalue weighted by Gasteiger charge is -2.29. The van der Waals surface area contributed by atoms with Gasteiger partial charge in [0.05, 0.1) is 27.4 Å². The van der Waals surface area contributed by atoms with Crippen LogP contribution in [0, 0.1) is 0 Å². The third kappa shape index (κ3) is 9.81. The topological polar surface area (TPSA) is 36.9 Å². The number of benzene rings is 4. The Morgan fingerprint density at radius 3 is 0.845 bits per heavy atom. The lowest BCUT2D eigenvalue weighted by Crippen LogP contribution is -2.17. The Bertz CT molecular complexity index is 1890. The summed E-state index contributed by atoms with van der Waals surface area (Å²) < 4.78 is 27.1. The zero-order chi connectivity index (χ0) is 42.2. The molecule has 312 valence electrons. The van der Waals surface area contributed by atoms with E-state index in [1.54, 1.807) is 0 Å². The molecule has 4 aromatic carbocycles. The summed E-state index contributed by atoms with van der Waals surface area (Å²) in [6.07, 6.45) is 11.2. The second kappa shape index (κ2) is 16.8. The van der Waals surface area contributed by atoms with Crippen LogP contribution in [0.4, 0.5) is 0 Å². The Hall–Kier alpha value is -4.18. The average Bonchev–Trinajstić information content (AvgIpc) is 3.11. The minimum absolute atomic E-state index is 0.0710. The highest BCUT2D eigenvalue weighted by molar-refractivity contribution is 5.60. The van der Waals surface area contributed by atoms with Crippen molar-refractivity contribution >= 4 is 0 Å². The molecule has 6 rings (SSSR count). The van der Waals surface area contributed by atoms with Crippen LogP contribution >= 0.6 is 0 Å². The molecule has 1 heterocycles. The van der Waals surface area contributed by atoms with Crippen molar-refractivity contribution in [2.24, 2.45) is 0 Å². The molecule has 0 spiro atoms. The number of rotatable bonds is 2. The maximum atomic E-state index is 7.05. The molecule has 58 heavy (non-hydrogen) atoms. The number of fused-ring (bicyclic) bond motifs is 2. The third-order valence-corrected chi connectivity index (χ3v) is 12.1. The summed E-state index contributed by atoms with van der Waals surface area (Å²) in [6, 6.07) is 19.2. The van der Waals surface area contributed by atoms with Crippen molar-refractivity contribution in [3.8, 4) is 23.0 Å². The van der Waals surface area contributed by atoms with Gasteiger partial charge in [-0.25, -0.2) is 0 Å². The van der Waals surface area contributed by atoms with Gasteiger partial charge in [-0.05, 0) is 114 Å². The Morgan fingerprint density at radius 2 is 0.621 bits per heavy atom. The molecule has 0 unspecified atom stereocenters. The fourth-order valence-electron chi connectivity index (χ4n) is 8.50. The molecule has 0 N–H and O–H groups in total. The molecule has 4 aromatic rings. The van der Waals surface area contributed by atoms with Crippen LogP contribution in [0.1, 0.15) is 176 Å². The summed E-state index contributed by atoms with van der Waals surface area (Å²) in [5.41, 5.74) is 14.4. The first-order valence-corrected chi connectivity index (χ1v) is 21.8. The quantitative estimate of drug-likeness (QED) is 0.167. The second-order valence-electron chi connectivity index (χ2n) is 21.1. The molecule has 0 saturated heterocycles. The fourth-order valence-corrected chi connectivity index (χ4v) is 8.50. The highest BCUT2D eigenvalue weighted by atomic mass is 16.5. The van der Waals surface area contributed by atoms with E-state index in [2.05, 4.69) is 144 Å². The summed E-state index contributed by atoms with van der Waals surface area (Å²) in [5, 5.41) is 0. The number of hydrogen-bond acceptors (Lipinski definition) is 4. The van der Waals surface area contributed by atoms with E-state index in [9.17, 15) is 0 Å². The molecule has 4 nitrogen and oxygen atoms in total. The minimum atomic E-state index is -0.0746. The molecule has 1 aliphatic carbocycles. The summed E-state index contributed by atoms with van der Waals surface area (Å²) in [5.74, 6) is 3.89. The molecule has 0 radical (unpaired) electrons. The van der Waals surface area contributed by atoms with E-state index in [4.69, 9.17) is 18.9 Å². The maximum Gasteiger partial charge on any atom is 0.126 e. The van der Waals surface area contributed by atoms with Gasteiger partial charge in [0.1, 0.15) is 23.0 Å². The molecule has 0 fully saturated rings. The molecule has 0 amide bonds. The maximum absolute atomic E-state index is 7.05. The van der Waals surface area contributed by atoms with Crippen LogP contribution in [0.2, 0.25) is 0 Å². The molecule has 1 aliphatic heterocycles. The predicted molar refractivity (Wildman–Crippen MR) is 243 cm³/mol. The average molecular weight is 785 g/mol. The molecule has 10 bridgehead atoms. The normalized spacial score (nSPS) is 15.6. The van der Waals surface area contributed by atoms with Gasteiger partial charge in [-0.15, -0.1) is 0 Å². The van der Waals surface area contributed by atoms with Gasteiger partial charge in [-0.3, -0.25) is 0 Å². The standard InChI is InChI=1S/C54H72O4/c1-51(2,3)43-27-35-23-39-31-45(53(7,8)9)33-41-25-37-29-44(52(4,5)6)30-38(48(37)56-14)26-42-34-46(54(10,11)12)32-40(24-36(28-43)47(35)55-13)50(42)58-22-20-18-16-15-17-19-21-57-49(39)41/h15-16,27-34H,17-26H2,1-14H3. The van der Waals surface area contributed by atoms with Crippen molar-refractivity contribution in [2.75, 3.05) is 27.4 Å². The van der Waals surface area contributed by atoms with Crippen molar-refractivity contribution in [3.63, 3.8) is 0 Å². The van der Waals surface area contributed by atoms with E-state index in [0.29, 0.717) is 38.9 Å². The van der Waals surface area contributed by atoms with Crippen LogP contribution in [0.5, 0.6) is 23.0 Å². The smallest absolute Gasteiger partial charge is 0.126 e. The first kappa shape index (κ1) is 43.4. The molecular weight excluding hydrogens is 713 g/mol. The van der Waals surface area contributed by atoms with Crippen LogP contribution in [0.15, 0.2) is 60.7 Å². The van der Waals surface area contributed by atoms with Crippen LogP contribution in [-0.2, 0) is 47.3 Å². The SMILES string of the molecule is COc1c2cc(C(C)(C)C)cc1Cc1cc(C(C)(C)C)cc3c1OCCCC=CCCCOc1c(cc(C(C)(C)C)cc1Cc1cc(C(C)(C)C)cc(c1OC)C3)C2. The van der Waals surface area contributed by atoms with Crippen LogP contribution in [-0.4, -0.2) is 27.4 Å². The Balaban J connectivity index is 1.79. The van der Waals surface area contributed by atoms with Gasteiger partial charge in [0.2, 0.25) is 0 Å². The molecule has 0 saturated carbocycles. The highest BCUT2D eigenvalue weighted by Crippen LogP contribution is 2.44. The number of methoxy groups -OCH3 is 2. The first-order chi connectivity index (χ1) is 27.2. The van der Waals surface area contributed by atoms with Crippen LogP contribution < -0.4 is 18.9 Å². The van der Waals surface area contributed by atoms with E-state index in [0.717, 1.165) is 48.7 Å². The van der Waals surface area contributed by atoms with Crippen molar-refractivity contribution in [1.29, 1.82) is 0 Å². The summed E-state index contributed by atoms with van der Waals surface area (Å²) in [6.45, 7) is 29.1. The van der Waals surface area contributed by atoms with E-state index >= 15 is 0 Å². The second-order valence-corrected chi connectivity index (χ2v) is 21.1. The largest absolute Gasteiger partial charge is 0.496 e. The van der Waals surface area contributed by atoms with Gasteiger partial charge >= 0.3 is 0 Å². The van der Waals surface area contributed by atoms with Crippen LogP contribution in [0.3, 0.4) is 0 Å². The van der Waals surface area contributed by atoms with E-state index in [1.807, 2.05) is 14.2 Å². The van der Waals surface area contributed by atoms with E-state index in [1.165, 1.54) is 66.8 Å².